The maximum absolute atomic E-state index is 6.88. The van der Waals surface area contributed by atoms with Crippen molar-refractivity contribution in [2.24, 2.45) is 23.7 Å². The van der Waals surface area contributed by atoms with Crippen molar-refractivity contribution < 1.29 is 14.0 Å². The van der Waals surface area contributed by atoms with Gasteiger partial charge in [0.1, 0.15) is 17.5 Å². The monoisotopic (exact) mass is 980 g/mol. The lowest BCUT2D eigenvalue weighted by Gasteiger charge is -2.57. The first kappa shape index (κ1) is 50.0. The molecule has 0 radical (unpaired) electrons. The predicted octanol–water partition coefficient (Wildman–Crippen LogP) is 15.2. The second-order valence-electron chi connectivity index (χ2n) is 23.4. The van der Waals surface area contributed by atoms with E-state index in [0.29, 0.717) is 17.9 Å². The highest BCUT2D eigenvalue weighted by molar-refractivity contribution is 6.01. The van der Waals surface area contributed by atoms with Crippen LogP contribution in [-0.2, 0) is 0 Å². The SMILES string of the molecule is CCCC(CCC)Oc1ccc2nccc([C@H](c3nnc([C@@H](c4ccnc5ccc(OC(CCC)CCC)cc45)[C@H]4C[C@@H]5CC[N@@+]4(C)C[C@@H]5CC)c4cc5ccccc5cc34)[C@H]3C[C@@H]4CCN3C[C@@H]4CC)c2c1. The van der Waals surface area contributed by atoms with E-state index < -0.39 is 0 Å². The topological polar surface area (TPSA) is 73.3 Å². The number of benzene rings is 4. The highest BCUT2D eigenvalue weighted by atomic mass is 16.5. The van der Waals surface area contributed by atoms with E-state index in [1.807, 2.05) is 6.20 Å². The fraction of sp³-hybridized carbons (Fsp3) is 0.538. The van der Waals surface area contributed by atoms with E-state index in [-0.39, 0.29) is 30.1 Å². The zero-order valence-electron chi connectivity index (χ0n) is 45.2. The Balaban J connectivity index is 1.14. The first-order valence-corrected chi connectivity index (χ1v) is 29.1. The lowest BCUT2D eigenvalue weighted by Crippen LogP contribution is -2.66. The minimum atomic E-state index is -0.0305. The average molecular weight is 980 g/mol. The molecule has 1 unspecified atom stereocenters. The van der Waals surface area contributed by atoms with Crippen molar-refractivity contribution in [3.05, 3.63) is 120 Å². The van der Waals surface area contributed by atoms with E-state index in [1.165, 1.54) is 88.6 Å². The van der Waals surface area contributed by atoms with Crippen LogP contribution in [0.2, 0.25) is 0 Å². The molecule has 4 aromatic carbocycles. The Bertz CT molecular complexity index is 3030. The Morgan fingerprint density at radius 1 is 0.589 bits per heavy atom. The van der Waals surface area contributed by atoms with Gasteiger partial charge in [0.25, 0.3) is 0 Å². The standard InChI is InChI=1S/C65H83N6O2/c1-8-16-48(17-9-2)72-50-22-24-58-54(38-50)52(26-30-66-58)62(60-36-46-28-32-70(60)40-42(46)12-5)64-56-34-44-20-14-15-21-45(44)35-57(56)65(69-68-64)63(61-37-47-29-33-71(61,7)41-43(47)13-6)53-27-31-67-59-25-23-51(39-55(53)59)73-49(18-10-3)19-11-4/h14-15,20-27,30-31,34-35,38-39,42-43,46-49,60-63H,8-13,16-19,28-29,32-33,36-37,40-41H2,1-7H3/q+1/t42-,43-,46-,47-,60+,61+,62-,63-,71-/m0/s1. The van der Waals surface area contributed by atoms with Gasteiger partial charge in [0.05, 0.1) is 60.7 Å². The number of nitrogens with zero attached hydrogens (tertiary/aromatic N) is 6. The van der Waals surface area contributed by atoms with Gasteiger partial charge in [-0.15, -0.1) is 0 Å². The summed E-state index contributed by atoms with van der Waals surface area (Å²) in [7, 11) is 2.57. The van der Waals surface area contributed by atoms with E-state index >= 15 is 0 Å². The van der Waals surface area contributed by atoms with Crippen LogP contribution in [0.15, 0.2) is 97.3 Å². The van der Waals surface area contributed by atoms with Gasteiger partial charge >= 0.3 is 0 Å². The van der Waals surface area contributed by atoms with Gasteiger partial charge in [-0.3, -0.25) is 14.9 Å². The third kappa shape index (κ3) is 9.62. The number of quaternary nitrogens is 1. The van der Waals surface area contributed by atoms with E-state index in [2.05, 4.69) is 145 Å². The number of aromatic nitrogens is 4. The van der Waals surface area contributed by atoms with Gasteiger partial charge in [-0.1, -0.05) is 97.9 Å². The quantitative estimate of drug-likeness (QED) is 0.0556. The minimum Gasteiger partial charge on any atom is -0.490 e. The molecule has 4 bridgehead atoms. The molecule has 0 amide bonds. The Morgan fingerprint density at radius 3 is 1.63 bits per heavy atom. The first-order valence-electron chi connectivity index (χ1n) is 29.1. The lowest BCUT2D eigenvalue weighted by atomic mass is 9.67. The van der Waals surface area contributed by atoms with Crippen LogP contribution >= 0.6 is 0 Å². The number of piperidine rings is 6. The van der Waals surface area contributed by atoms with Crippen molar-refractivity contribution in [2.75, 3.05) is 33.2 Å². The minimum absolute atomic E-state index is 0.0162. The van der Waals surface area contributed by atoms with Crippen molar-refractivity contribution >= 4 is 43.4 Å². The molecule has 10 atom stereocenters. The second-order valence-corrected chi connectivity index (χ2v) is 23.4. The zero-order chi connectivity index (χ0) is 50.2. The number of pyridine rings is 2. The van der Waals surface area contributed by atoms with Gasteiger partial charge < -0.3 is 14.0 Å². The maximum Gasteiger partial charge on any atom is 0.120 e. The molecular weight excluding hydrogens is 897 g/mol. The molecule has 8 heteroatoms. The lowest BCUT2D eigenvalue weighted by molar-refractivity contribution is -0.954. The van der Waals surface area contributed by atoms with Crippen LogP contribution < -0.4 is 9.47 Å². The first-order chi connectivity index (χ1) is 35.7. The van der Waals surface area contributed by atoms with E-state index in [9.17, 15) is 0 Å². The van der Waals surface area contributed by atoms with Crippen LogP contribution in [0.1, 0.15) is 166 Å². The normalized spacial score (nSPS) is 25.6. The summed E-state index contributed by atoms with van der Waals surface area (Å²) >= 11 is 0. The summed E-state index contributed by atoms with van der Waals surface area (Å²) in [5.74, 6) is 4.70. The fourth-order valence-electron chi connectivity index (χ4n) is 15.2. The molecule has 6 aliphatic rings. The van der Waals surface area contributed by atoms with Crippen molar-refractivity contribution in [1.29, 1.82) is 0 Å². The number of likely N-dealkylation sites (N-methyl/N-ethyl adjacent to an activating group) is 1. The van der Waals surface area contributed by atoms with Gasteiger partial charge in [-0.25, -0.2) is 0 Å². The highest BCUT2D eigenvalue weighted by Crippen LogP contribution is 2.52. The van der Waals surface area contributed by atoms with Gasteiger partial charge in [-0.2, -0.15) is 10.2 Å². The van der Waals surface area contributed by atoms with Crippen LogP contribution in [0.4, 0.5) is 0 Å². The van der Waals surface area contributed by atoms with Crippen LogP contribution in [0.25, 0.3) is 43.4 Å². The smallest absolute Gasteiger partial charge is 0.120 e. The molecule has 6 fully saturated rings. The highest BCUT2D eigenvalue weighted by Gasteiger charge is 2.53. The van der Waals surface area contributed by atoms with Crippen LogP contribution in [0.5, 0.6) is 11.5 Å². The largest absolute Gasteiger partial charge is 0.490 e. The van der Waals surface area contributed by atoms with Crippen molar-refractivity contribution in [2.45, 2.75) is 168 Å². The molecule has 3 aromatic heterocycles. The number of ether oxygens (including phenoxy) is 2. The van der Waals surface area contributed by atoms with Gasteiger partial charge in [-0.05, 0) is 152 Å². The van der Waals surface area contributed by atoms with Crippen molar-refractivity contribution in [1.82, 2.24) is 25.1 Å². The summed E-state index contributed by atoms with van der Waals surface area (Å²) in [6.45, 7) is 18.5. The number of hydrogen-bond acceptors (Lipinski definition) is 7. The van der Waals surface area contributed by atoms with Gasteiger partial charge in [0, 0.05) is 71.2 Å². The van der Waals surface area contributed by atoms with Crippen LogP contribution in [-0.4, -0.2) is 87.1 Å². The molecule has 8 nitrogen and oxygen atoms in total. The summed E-state index contributed by atoms with van der Waals surface area (Å²) in [5, 5.41) is 18.8. The predicted molar refractivity (Wildman–Crippen MR) is 301 cm³/mol. The Kier molecular flexibility index (Phi) is 14.8. The molecule has 0 N–H and O–H groups in total. The zero-order valence-corrected chi connectivity index (χ0v) is 45.2. The summed E-state index contributed by atoms with van der Waals surface area (Å²) in [6.07, 6.45) is 20.5. The summed E-state index contributed by atoms with van der Waals surface area (Å²) in [6, 6.07) is 32.5. The summed E-state index contributed by atoms with van der Waals surface area (Å²) in [5.41, 5.74) is 6.80. The number of rotatable bonds is 20. The van der Waals surface area contributed by atoms with Gasteiger partial charge in [0.2, 0.25) is 0 Å². The van der Waals surface area contributed by atoms with E-state index in [0.717, 1.165) is 121 Å². The fourth-order valence-corrected chi connectivity index (χ4v) is 15.2. The van der Waals surface area contributed by atoms with E-state index in [4.69, 9.17) is 29.6 Å². The Labute approximate surface area is 436 Å². The Hall–Kier alpha value is -5.18. The second kappa shape index (κ2) is 21.6. The molecule has 6 saturated heterocycles. The third-order valence-corrected chi connectivity index (χ3v) is 18.9. The maximum atomic E-state index is 6.88. The summed E-state index contributed by atoms with van der Waals surface area (Å²) in [4.78, 5) is 12.9. The molecule has 13 rings (SSSR count). The number of hydrogen-bond donors (Lipinski definition) is 0. The third-order valence-electron chi connectivity index (χ3n) is 18.9. The molecule has 7 aromatic rings. The molecule has 73 heavy (non-hydrogen) atoms. The van der Waals surface area contributed by atoms with E-state index in [1.54, 1.807) is 0 Å². The average Bonchev–Trinajstić information content (AvgIpc) is 3.41. The molecule has 0 aliphatic carbocycles. The van der Waals surface area contributed by atoms with Crippen molar-refractivity contribution in [3.8, 4) is 11.5 Å². The molecular formula is C65H83N6O2+. The van der Waals surface area contributed by atoms with Gasteiger partial charge in [0.15, 0.2) is 0 Å². The summed E-state index contributed by atoms with van der Waals surface area (Å²) < 4.78 is 14.8. The number of fused-ring (bicyclic) bond motifs is 10. The molecule has 9 heterocycles. The van der Waals surface area contributed by atoms with Crippen molar-refractivity contribution in [3.63, 3.8) is 0 Å². The Morgan fingerprint density at radius 2 is 1.12 bits per heavy atom. The molecule has 6 aliphatic heterocycles. The molecule has 0 saturated carbocycles. The van der Waals surface area contributed by atoms with Crippen LogP contribution in [0.3, 0.4) is 0 Å². The molecule has 0 spiro atoms. The molecule has 384 valence electrons. The van der Waals surface area contributed by atoms with Crippen LogP contribution in [0, 0.1) is 23.7 Å².